The number of nitrogens with zero attached hydrogens (tertiary/aromatic N) is 4. The van der Waals surface area contributed by atoms with Crippen LogP contribution in [-0.4, -0.2) is 25.4 Å². The Morgan fingerprint density at radius 3 is 2.76 bits per heavy atom. The molecule has 0 aliphatic heterocycles. The molecule has 3 heterocycles. The van der Waals surface area contributed by atoms with Crippen molar-refractivity contribution in [1.82, 2.24) is 25.4 Å². The zero-order valence-corrected chi connectivity index (χ0v) is 17.1. The summed E-state index contributed by atoms with van der Waals surface area (Å²) >= 11 is 0. The highest BCUT2D eigenvalue weighted by molar-refractivity contribution is 5.78. The molecule has 0 fully saturated rings. The first kappa shape index (κ1) is 20.7. The molecule has 0 bridgehead atoms. The van der Waals surface area contributed by atoms with Crippen molar-refractivity contribution in [3.63, 3.8) is 0 Å². The van der Waals surface area contributed by atoms with Crippen molar-refractivity contribution in [2.24, 2.45) is 0 Å². The van der Waals surface area contributed by atoms with E-state index in [9.17, 15) is 13.2 Å². The van der Waals surface area contributed by atoms with Crippen LogP contribution in [0.25, 0.3) is 22.4 Å². The molecule has 0 saturated heterocycles. The lowest BCUT2D eigenvalue weighted by Gasteiger charge is -2.08. The maximum absolute atomic E-state index is 12.9. The van der Waals surface area contributed by atoms with Gasteiger partial charge in [-0.25, -0.2) is 0 Å². The highest BCUT2D eigenvalue weighted by Crippen LogP contribution is 2.32. The standard InChI is InChI=1S/C23H17F3N6O/c24-23(25,26)16-3-1-4-17(12-16)29-22-32-31-21(33-22)18-5-2-10-27-20(18)9-7-14-6-8-19-15(11-14)13-28-30-19/h1-6,8,10-13H,7,9H2,(H,28,30)(H,29,32). The number of hydrogen-bond donors (Lipinski definition) is 2. The lowest BCUT2D eigenvalue weighted by molar-refractivity contribution is -0.137. The monoisotopic (exact) mass is 450 g/mol. The van der Waals surface area contributed by atoms with Gasteiger partial charge in [0.25, 0.3) is 5.89 Å². The number of aromatic nitrogens is 5. The minimum atomic E-state index is -4.44. The van der Waals surface area contributed by atoms with Crippen LogP contribution in [0.15, 0.2) is 71.4 Å². The van der Waals surface area contributed by atoms with E-state index in [1.807, 2.05) is 18.2 Å². The zero-order valence-electron chi connectivity index (χ0n) is 17.1. The van der Waals surface area contributed by atoms with Crippen LogP contribution in [0.5, 0.6) is 0 Å². The Bertz CT molecular complexity index is 1410. The molecule has 0 amide bonds. The van der Waals surface area contributed by atoms with Gasteiger partial charge in [0, 0.05) is 17.3 Å². The van der Waals surface area contributed by atoms with Crippen LogP contribution in [0.3, 0.4) is 0 Å². The van der Waals surface area contributed by atoms with E-state index < -0.39 is 11.7 Å². The topological polar surface area (TPSA) is 92.5 Å². The summed E-state index contributed by atoms with van der Waals surface area (Å²) in [6.45, 7) is 0. The zero-order chi connectivity index (χ0) is 22.8. The third kappa shape index (κ3) is 4.54. The number of anilines is 2. The first-order valence-electron chi connectivity index (χ1n) is 10.1. The maximum Gasteiger partial charge on any atom is 0.416 e. The van der Waals surface area contributed by atoms with E-state index in [1.165, 1.54) is 12.1 Å². The fourth-order valence-corrected chi connectivity index (χ4v) is 3.52. The summed E-state index contributed by atoms with van der Waals surface area (Å²) in [6.07, 6.45) is 0.413. The first-order chi connectivity index (χ1) is 16.0. The van der Waals surface area contributed by atoms with Crippen LogP contribution in [0.1, 0.15) is 16.8 Å². The van der Waals surface area contributed by atoms with Crippen LogP contribution in [0.2, 0.25) is 0 Å². The van der Waals surface area contributed by atoms with Gasteiger partial charge in [-0.05, 0) is 60.9 Å². The molecule has 0 aliphatic carbocycles. The normalized spacial score (nSPS) is 11.7. The lowest BCUT2D eigenvalue weighted by Crippen LogP contribution is -2.05. The minimum absolute atomic E-state index is 0.00969. The van der Waals surface area contributed by atoms with Crippen molar-refractivity contribution in [1.29, 1.82) is 0 Å². The molecule has 7 nitrogen and oxygen atoms in total. The number of halogens is 3. The number of pyridine rings is 1. The van der Waals surface area contributed by atoms with Gasteiger partial charge in [0.1, 0.15) is 0 Å². The summed E-state index contributed by atoms with van der Waals surface area (Å²) < 4.78 is 44.5. The van der Waals surface area contributed by atoms with Crippen LogP contribution in [0, 0.1) is 0 Å². The highest BCUT2D eigenvalue weighted by Gasteiger charge is 2.30. The Labute approximate surface area is 185 Å². The second kappa shape index (κ2) is 8.38. The van der Waals surface area contributed by atoms with Gasteiger partial charge >= 0.3 is 12.2 Å². The number of nitrogens with one attached hydrogen (secondary N) is 2. The Balaban J connectivity index is 1.33. The molecule has 2 N–H and O–H groups in total. The van der Waals surface area contributed by atoms with Gasteiger partial charge in [-0.2, -0.15) is 18.3 Å². The molecule has 2 aromatic carbocycles. The van der Waals surface area contributed by atoms with Crippen molar-refractivity contribution >= 4 is 22.6 Å². The number of aryl methyl sites for hydroxylation is 2. The summed E-state index contributed by atoms with van der Waals surface area (Å²) in [7, 11) is 0. The van der Waals surface area contributed by atoms with Crippen molar-refractivity contribution in [2.45, 2.75) is 19.0 Å². The summed E-state index contributed by atoms with van der Waals surface area (Å²) in [5, 5.41) is 18.7. The molecule has 0 radical (unpaired) electrons. The molecule has 0 unspecified atom stereocenters. The second-order valence-corrected chi connectivity index (χ2v) is 7.41. The Morgan fingerprint density at radius 2 is 1.88 bits per heavy atom. The number of rotatable bonds is 6. The average molecular weight is 450 g/mol. The van der Waals surface area contributed by atoms with Gasteiger partial charge in [0.15, 0.2) is 0 Å². The average Bonchev–Trinajstić information content (AvgIpc) is 3.46. The third-order valence-corrected chi connectivity index (χ3v) is 5.14. The number of benzene rings is 2. The Hall–Kier alpha value is -4.21. The molecule has 5 rings (SSSR count). The molecule has 33 heavy (non-hydrogen) atoms. The minimum Gasteiger partial charge on any atom is -0.403 e. The smallest absolute Gasteiger partial charge is 0.403 e. The van der Waals surface area contributed by atoms with Gasteiger partial charge in [0.05, 0.1) is 28.5 Å². The number of fused-ring (bicyclic) bond motifs is 1. The largest absolute Gasteiger partial charge is 0.416 e. The van der Waals surface area contributed by atoms with Crippen LogP contribution < -0.4 is 5.32 Å². The number of aromatic amines is 1. The van der Waals surface area contributed by atoms with Gasteiger partial charge in [-0.3, -0.25) is 10.1 Å². The van der Waals surface area contributed by atoms with Crippen molar-refractivity contribution in [2.75, 3.05) is 5.32 Å². The third-order valence-electron chi connectivity index (χ3n) is 5.14. The van der Waals surface area contributed by atoms with Gasteiger partial charge in [0.2, 0.25) is 0 Å². The molecule has 166 valence electrons. The first-order valence-corrected chi connectivity index (χ1v) is 10.1. The van der Waals surface area contributed by atoms with E-state index in [0.29, 0.717) is 12.0 Å². The number of hydrogen-bond acceptors (Lipinski definition) is 6. The highest BCUT2D eigenvalue weighted by atomic mass is 19.4. The fourth-order valence-electron chi connectivity index (χ4n) is 3.52. The molecule has 0 spiro atoms. The van der Waals surface area contributed by atoms with Crippen molar-refractivity contribution in [3.05, 3.63) is 83.8 Å². The molecule has 10 heteroatoms. The SMILES string of the molecule is FC(F)(F)c1cccc(Nc2nnc(-c3cccnc3CCc3ccc4[nH]ncc4c3)o2)c1. The van der Waals surface area contributed by atoms with Crippen molar-refractivity contribution < 1.29 is 17.6 Å². The van der Waals surface area contributed by atoms with Crippen LogP contribution in [-0.2, 0) is 19.0 Å². The van der Waals surface area contributed by atoms with Gasteiger partial charge < -0.3 is 9.73 Å². The Morgan fingerprint density at radius 1 is 0.970 bits per heavy atom. The van der Waals surface area contributed by atoms with E-state index in [0.717, 1.165) is 40.7 Å². The predicted octanol–water partition coefficient (Wildman–Crippen LogP) is 5.56. The van der Waals surface area contributed by atoms with Gasteiger partial charge in [-0.15, -0.1) is 5.10 Å². The van der Waals surface area contributed by atoms with E-state index in [4.69, 9.17) is 4.42 Å². The Kier molecular flexibility index (Phi) is 5.25. The van der Waals surface area contributed by atoms with Crippen LogP contribution in [0.4, 0.5) is 24.9 Å². The fraction of sp³-hybridized carbons (Fsp3) is 0.130. The predicted molar refractivity (Wildman–Crippen MR) is 116 cm³/mol. The lowest BCUT2D eigenvalue weighted by atomic mass is 10.0. The van der Waals surface area contributed by atoms with E-state index in [1.54, 1.807) is 18.5 Å². The van der Waals surface area contributed by atoms with E-state index in [2.05, 4.69) is 36.8 Å². The molecule has 0 saturated carbocycles. The molecular weight excluding hydrogens is 433 g/mol. The molecule has 0 aliphatic rings. The molecule has 0 atom stereocenters. The molecule has 3 aromatic heterocycles. The van der Waals surface area contributed by atoms with Crippen molar-refractivity contribution in [3.8, 4) is 11.5 Å². The summed E-state index contributed by atoms with van der Waals surface area (Å²) in [5.74, 6) is 0.234. The molecule has 5 aromatic rings. The maximum atomic E-state index is 12.9. The summed E-state index contributed by atoms with van der Waals surface area (Å²) in [5.41, 5.74) is 2.99. The molecular formula is C23H17F3N6O. The number of H-pyrrole nitrogens is 1. The van der Waals surface area contributed by atoms with E-state index in [-0.39, 0.29) is 17.6 Å². The quantitative estimate of drug-likeness (QED) is 0.352. The summed E-state index contributed by atoms with van der Waals surface area (Å²) in [6, 6.07) is 14.5. The summed E-state index contributed by atoms with van der Waals surface area (Å²) in [4.78, 5) is 4.46. The van der Waals surface area contributed by atoms with E-state index >= 15 is 0 Å². The second-order valence-electron chi connectivity index (χ2n) is 7.41. The van der Waals surface area contributed by atoms with Crippen LogP contribution >= 0.6 is 0 Å². The van der Waals surface area contributed by atoms with Gasteiger partial charge in [-0.1, -0.05) is 17.2 Å². The number of alkyl halides is 3.